The number of allylic oxidation sites excluding steroid dienone is 1. The molecule has 56 heavy (non-hydrogen) atoms. The fraction of sp³-hybridized carbons (Fsp3) is 0.127. The summed E-state index contributed by atoms with van der Waals surface area (Å²) in [6.07, 6.45) is 5.38. The first kappa shape index (κ1) is 36.8. The number of hydrogen-bond acceptors (Lipinski definition) is 0. The highest BCUT2D eigenvalue weighted by molar-refractivity contribution is 6.99. The molecule has 0 spiro atoms. The highest BCUT2D eigenvalue weighted by atomic mass is 14.2. The Hall–Kier alpha value is -6.18. The summed E-state index contributed by atoms with van der Waals surface area (Å²) in [5.74, 6) is 0. The van der Waals surface area contributed by atoms with E-state index in [9.17, 15) is 0 Å². The van der Waals surface area contributed by atoms with Crippen LogP contribution in [0.3, 0.4) is 0 Å². The number of hydrogen-bond donors (Lipinski definition) is 0. The first-order valence-electron chi connectivity index (χ1n) is 20.1. The van der Waals surface area contributed by atoms with Crippen LogP contribution in [0.4, 0.5) is 0 Å². The maximum atomic E-state index is 3.79. The van der Waals surface area contributed by atoms with Crippen LogP contribution < -0.4 is 16.4 Å². The topological polar surface area (TPSA) is 0 Å². The predicted octanol–water partition coefficient (Wildman–Crippen LogP) is 12.6. The standard InChI is InChI=1S/C42H31B.C13H18/c1-28-9-3-6-12-37(28)39-27-42-40(25-29(39)2)38-13-7-8-14-41(38)43(42)36-23-21-32(22-24-36)31-15-17-33(18-16-31)35-20-19-30-10-4-5-11-34(30)26-35;1-4-6-12-9-8-11(3)10-13(12)7-5-2/h3-27H,1-2H3;5,8-10H,2,4,6-7H2,1,3H3. The molecule has 0 bridgehead atoms. The van der Waals surface area contributed by atoms with Gasteiger partial charge in [0.2, 0.25) is 6.71 Å². The molecule has 8 aromatic carbocycles. The van der Waals surface area contributed by atoms with Crippen molar-refractivity contribution in [3.8, 4) is 44.5 Å². The van der Waals surface area contributed by atoms with Gasteiger partial charge in [-0.2, -0.15) is 0 Å². The molecule has 1 heterocycles. The van der Waals surface area contributed by atoms with Crippen LogP contribution >= 0.6 is 0 Å². The quantitative estimate of drug-likeness (QED) is 0.108. The normalized spacial score (nSPS) is 11.5. The maximum Gasteiger partial charge on any atom is 0.242 e. The van der Waals surface area contributed by atoms with Crippen molar-refractivity contribution in [2.75, 3.05) is 0 Å². The minimum atomic E-state index is 0.221. The van der Waals surface area contributed by atoms with Gasteiger partial charge in [0.05, 0.1) is 0 Å². The van der Waals surface area contributed by atoms with Crippen molar-refractivity contribution in [3.63, 3.8) is 0 Å². The van der Waals surface area contributed by atoms with Crippen LogP contribution in [0.2, 0.25) is 0 Å². The van der Waals surface area contributed by atoms with Crippen LogP contribution in [0.15, 0.2) is 183 Å². The Labute approximate surface area is 334 Å². The Bertz CT molecular complexity index is 2660. The predicted molar refractivity (Wildman–Crippen MR) is 245 cm³/mol. The van der Waals surface area contributed by atoms with Crippen molar-refractivity contribution in [3.05, 3.63) is 210 Å². The zero-order valence-electron chi connectivity index (χ0n) is 33.1. The lowest BCUT2D eigenvalue weighted by atomic mass is 9.39. The summed E-state index contributed by atoms with van der Waals surface area (Å²) >= 11 is 0. The molecule has 1 aliphatic rings. The van der Waals surface area contributed by atoms with Crippen molar-refractivity contribution >= 4 is 33.9 Å². The summed E-state index contributed by atoms with van der Waals surface area (Å²) in [6.45, 7) is 12.8. The number of fused-ring (bicyclic) bond motifs is 4. The molecule has 0 aliphatic carbocycles. The van der Waals surface area contributed by atoms with E-state index >= 15 is 0 Å². The van der Waals surface area contributed by atoms with Gasteiger partial charge in [-0.05, 0) is 117 Å². The molecule has 0 N–H and O–H groups in total. The van der Waals surface area contributed by atoms with E-state index < -0.39 is 0 Å². The molecule has 8 aromatic rings. The van der Waals surface area contributed by atoms with E-state index in [1.807, 2.05) is 6.08 Å². The third-order valence-electron chi connectivity index (χ3n) is 11.5. The maximum absolute atomic E-state index is 3.79. The molecular weight excluding hydrogens is 671 g/mol. The lowest BCUT2D eigenvalue weighted by Crippen LogP contribution is -2.48. The lowest BCUT2D eigenvalue weighted by molar-refractivity contribution is 0.905. The first-order chi connectivity index (χ1) is 27.4. The summed E-state index contributed by atoms with van der Waals surface area (Å²) in [4.78, 5) is 0. The fourth-order valence-electron chi connectivity index (χ4n) is 8.59. The molecule has 0 radical (unpaired) electrons. The Morgan fingerprint density at radius 1 is 0.464 bits per heavy atom. The van der Waals surface area contributed by atoms with Crippen molar-refractivity contribution < 1.29 is 0 Å². The van der Waals surface area contributed by atoms with Crippen molar-refractivity contribution in [1.82, 2.24) is 0 Å². The van der Waals surface area contributed by atoms with Gasteiger partial charge in [0.25, 0.3) is 0 Å². The monoisotopic (exact) mass is 720 g/mol. The molecule has 9 rings (SSSR count). The second-order valence-corrected chi connectivity index (χ2v) is 15.4. The Kier molecular flexibility index (Phi) is 10.7. The van der Waals surface area contributed by atoms with Crippen LogP contribution in [-0.4, -0.2) is 6.71 Å². The molecule has 0 fully saturated rings. The second kappa shape index (κ2) is 16.3. The van der Waals surface area contributed by atoms with Gasteiger partial charge in [0.15, 0.2) is 0 Å². The average Bonchev–Trinajstić information content (AvgIpc) is 3.55. The van der Waals surface area contributed by atoms with E-state index in [2.05, 4.69) is 204 Å². The summed E-state index contributed by atoms with van der Waals surface area (Å²) in [6, 6.07) is 62.7. The molecule has 0 amide bonds. The minimum Gasteiger partial charge on any atom is -0.103 e. The number of rotatable bonds is 8. The van der Waals surface area contributed by atoms with E-state index in [1.54, 1.807) is 0 Å². The van der Waals surface area contributed by atoms with Crippen molar-refractivity contribution in [1.29, 1.82) is 0 Å². The molecule has 0 aromatic heterocycles. The van der Waals surface area contributed by atoms with E-state index in [0.29, 0.717) is 0 Å². The summed E-state index contributed by atoms with van der Waals surface area (Å²) < 4.78 is 0. The SMILES string of the molecule is C=CCc1cc(C)ccc1CCC.Cc1ccccc1-c1cc2c(cc1C)-c1ccccc1B2c1ccc(-c2ccc(-c3ccc4ccccc4c3)cc2)cc1. The lowest BCUT2D eigenvalue weighted by Gasteiger charge is -2.16. The highest BCUT2D eigenvalue weighted by Gasteiger charge is 2.34. The zero-order chi connectivity index (χ0) is 38.6. The molecule has 1 heteroatoms. The van der Waals surface area contributed by atoms with Crippen molar-refractivity contribution in [2.24, 2.45) is 0 Å². The Balaban J connectivity index is 0.000000290. The summed E-state index contributed by atoms with van der Waals surface area (Å²) in [5.41, 5.74) is 21.4. The van der Waals surface area contributed by atoms with Gasteiger partial charge in [-0.15, -0.1) is 6.58 Å². The first-order valence-corrected chi connectivity index (χ1v) is 20.1. The molecule has 272 valence electrons. The molecular formula is C55H49B. The van der Waals surface area contributed by atoms with Crippen molar-refractivity contribution in [2.45, 2.75) is 47.0 Å². The zero-order valence-corrected chi connectivity index (χ0v) is 33.1. The van der Waals surface area contributed by atoms with Crippen LogP contribution in [0.1, 0.15) is 41.2 Å². The van der Waals surface area contributed by atoms with Gasteiger partial charge in [0.1, 0.15) is 0 Å². The van der Waals surface area contributed by atoms with Crippen LogP contribution in [0.25, 0.3) is 55.3 Å². The van der Waals surface area contributed by atoms with Gasteiger partial charge < -0.3 is 0 Å². The van der Waals surface area contributed by atoms with E-state index in [4.69, 9.17) is 0 Å². The molecule has 0 atom stereocenters. The number of benzene rings is 8. The smallest absolute Gasteiger partial charge is 0.103 e. The number of aryl methyl sites for hydroxylation is 4. The molecule has 1 aliphatic heterocycles. The van der Waals surface area contributed by atoms with Crippen LogP contribution in [0, 0.1) is 20.8 Å². The second-order valence-electron chi connectivity index (χ2n) is 15.4. The molecule has 0 nitrogen and oxygen atoms in total. The summed E-state index contributed by atoms with van der Waals surface area (Å²) in [7, 11) is 0. The van der Waals surface area contributed by atoms with Gasteiger partial charge in [-0.1, -0.05) is 205 Å². The third-order valence-corrected chi connectivity index (χ3v) is 11.5. The highest BCUT2D eigenvalue weighted by Crippen LogP contribution is 2.33. The van der Waals surface area contributed by atoms with Crippen LogP contribution in [-0.2, 0) is 12.8 Å². The molecule has 0 saturated carbocycles. The Morgan fingerprint density at radius 2 is 1.09 bits per heavy atom. The van der Waals surface area contributed by atoms with Crippen LogP contribution in [0.5, 0.6) is 0 Å². The van der Waals surface area contributed by atoms with E-state index in [0.717, 1.165) is 6.42 Å². The summed E-state index contributed by atoms with van der Waals surface area (Å²) in [5, 5.41) is 2.55. The largest absolute Gasteiger partial charge is 0.242 e. The van der Waals surface area contributed by atoms with E-state index in [1.165, 1.54) is 112 Å². The average molecular weight is 721 g/mol. The molecule has 0 unspecified atom stereocenters. The minimum absolute atomic E-state index is 0.221. The van der Waals surface area contributed by atoms with E-state index in [-0.39, 0.29) is 6.71 Å². The van der Waals surface area contributed by atoms with Gasteiger partial charge in [-0.3, -0.25) is 0 Å². The molecule has 0 saturated heterocycles. The third kappa shape index (κ3) is 7.43. The van der Waals surface area contributed by atoms with Gasteiger partial charge >= 0.3 is 0 Å². The Morgan fingerprint density at radius 3 is 1.80 bits per heavy atom. The van der Waals surface area contributed by atoms with Gasteiger partial charge in [0, 0.05) is 0 Å². The van der Waals surface area contributed by atoms with Gasteiger partial charge in [-0.25, -0.2) is 0 Å². The fourth-order valence-corrected chi connectivity index (χ4v) is 8.59.